The lowest BCUT2D eigenvalue weighted by Gasteiger charge is -2.16. The summed E-state index contributed by atoms with van der Waals surface area (Å²) in [4.78, 5) is 11.0. The van der Waals surface area contributed by atoms with Crippen LogP contribution in [0.25, 0.3) is 0 Å². The van der Waals surface area contributed by atoms with Gasteiger partial charge in [0.25, 0.3) is 0 Å². The fraction of sp³-hybridized carbons (Fsp3) is 0.368. The van der Waals surface area contributed by atoms with Gasteiger partial charge in [0.1, 0.15) is 6.10 Å². The van der Waals surface area contributed by atoms with Crippen molar-refractivity contribution in [1.29, 1.82) is 0 Å². The molecule has 140 valence electrons. The van der Waals surface area contributed by atoms with Gasteiger partial charge in [-0.15, -0.1) is 0 Å². The third kappa shape index (κ3) is 6.15. The number of nitrogens with zero attached hydrogens (tertiary/aromatic N) is 3. The van der Waals surface area contributed by atoms with Crippen molar-refractivity contribution >= 4 is 51.2 Å². The van der Waals surface area contributed by atoms with Crippen molar-refractivity contribution in [1.82, 2.24) is 9.88 Å². The van der Waals surface area contributed by atoms with Gasteiger partial charge in [-0.05, 0) is 66.5 Å². The second-order valence-electron chi connectivity index (χ2n) is 6.11. The van der Waals surface area contributed by atoms with Gasteiger partial charge in [-0.2, -0.15) is 0 Å². The summed E-state index contributed by atoms with van der Waals surface area (Å²) in [6, 6.07) is 7.42. The Hall–Kier alpha value is -1.30. The number of aromatic nitrogens is 1. The second-order valence-corrected chi connectivity index (χ2v) is 7.84. The molecule has 1 aromatic carbocycles. The minimum Gasteiger partial charge on any atom is -0.473 e. The maximum Gasteiger partial charge on any atom is 0.228 e. The Labute approximate surface area is 173 Å². The zero-order valence-electron chi connectivity index (χ0n) is 15.3. The van der Waals surface area contributed by atoms with Crippen LogP contribution < -0.4 is 4.74 Å². The Morgan fingerprint density at radius 1 is 1.27 bits per heavy atom. The monoisotopic (exact) mass is 457 g/mol. The molecule has 26 heavy (non-hydrogen) atoms. The zero-order chi connectivity index (χ0) is 19.3. The maximum atomic E-state index is 6.06. The van der Waals surface area contributed by atoms with Gasteiger partial charge in [-0.25, -0.2) is 9.98 Å². The average molecular weight is 459 g/mol. The topological polar surface area (TPSA) is 37.7 Å². The van der Waals surface area contributed by atoms with E-state index < -0.39 is 0 Å². The molecule has 4 nitrogen and oxygen atoms in total. The lowest BCUT2D eigenvalue weighted by atomic mass is 10.1. The van der Waals surface area contributed by atoms with Crippen molar-refractivity contribution in [3.05, 3.63) is 50.0 Å². The highest BCUT2D eigenvalue weighted by molar-refractivity contribution is 9.10. The standard InChI is InChI=1S/C19H22BrCl2N3O/c1-5-25(4)11-23-18-10-17(20)19(24-13(18)3)26-12(2)6-14-7-15(21)9-16(22)8-14/h7-12H,5-6H2,1-4H3/b23-11+. The van der Waals surface area contributed by atoms with E-state index in [2.05, 4.69) is 32.8 Å². The van der Waals surface area contributed by atoms with Gasteiger partial charge in [-0.1, -0.05) is 23.2 Å². The largest absolute Gasteiger partial charge is 0.473 e. The Balaban J connectivity index is 2.11. The van der Waals surface area contributed by atoms with Crippen LogP contribution in [0.2, 0.25) is 10.0 Å². The molecule has 0 N–H and O–H groups in total. The van der Waals surface area contributed by atoms with Gasteiger partial charge in [0.15, 0.2) is 0 Å². The molecule has 7 heteroatoms. The molecule has 1 unspecified atom stereocenters. The van der Waals surface area contributed by atoms with E-state index in [9.17, 15) is 0 Å². The van der Waals surface area contributed by atoms with Crippen molar-refractivity contribution < 1.29 is 4.74 Å². The molecule has 1 aromatic heterocycles. The van der Waals surface area contributed by atoms with Crippen molar-refractivity contribution in [2.75, 3.05) is 13.6 Å². The second kappa shape index (κ2) is 9.58. The number of ether oxygens (including phenoxy) is 1. The number of aryl methyl sites for hydroxylation is 1. The van der Waals surface area contributed by atoms with Crippen molar-refractivity contribution in [2.45, 2.75) is 33.3 Å². The number of hydrogen-bond acceptors (Lipinski definition) is 3. The van der Waals surface area contributed by atoms with Crippen LogP contribution >= 0.6 is 39.1 Å². The molecule has 2 aromatic rings. The zero-order valence-corrected chi connectivity index (χ0v) is 18.4. The first-order valence-electron chi connectivity index (χ1n) is 8.31. The number of halogens is 3. The fourth-order valence-corrected chi connectivity index (χ4v) is 3.27. The van der Waals surface area contributed by atoms with Gasteiger partial charge in [0, 0.05) is 30.1 Å². The Bertz CT molecular complexity index is 778. The van der Waals surface area contributed by atoms with Crippen molar-refractivity contribution in [3.63, 3.8) is 0 Å². The predicted octanol–water partition coefficient (Wildman–Crippen LogP) is 6.08. The smallest absolute Gasteiger partial charge is 0.228 e. The molecule has 1 heterocycles. The Morgan fingerprint density at radius 2 is 1.92 bits per heavy atom. The van der Waals surface area contributed by atoms with E-state index in [0.717, 1.165) is 28.0 Å². The summed E-state index contributed by atoms with van der Waals surface area (Å²) in [5, 5.41) is 1.24. The number of pyridine rings is 1. The number of hydrogen-bond donors (Lipinski definition) is 0. The molecule has 0 spiro atoms. The average Bonchev–Trinajstić information content (AvgIpc) is 2.55. The Morgan fingerprint density at radius 3 is 2.54 bits per heavy atom. The van der Waals surface area contributed by atoms with Crippen molar-refractivity contribution in [2.24, 2.45) is 4.99 Å². The summed E-state index contributed by atoms with van der Waals surface area (Å²) in [5.74, 6) is 0.547. The highest BCUT2D eigenvalue weighted by atomic mass is 79.9. The molecule has 0 aliphatic carbocycles. The van der Waals surface area contributed by atoms with Crippen LogP contribution in [0.3, 0.4) is 0 Å². The lowest BCUT2D eigenvalue weighted by molar-refractivity contribution is 0.211. The van der Waals surface area contributed by atoms with E-state index in [-0.39, 0.29) is 6.10 Å². The quantitative estimate of drug-likeness (QED) is 0.372. The fourth-order valence-electron chi connectivity index (χ4n) is 2.30. The SMILES string of the molecule is CCN(C)/C=N/c1cc(Br)c(OC(C)Cc2cc(Cl)cc(Cl)c2)nc1C. The van der Waals surface area contributed by atoms with Gasteiger partial charge in [0.05, 0.1) is 22.2 Å². The normalized spacial score (nSPS) is 12.4. The summed E-state index contributed by atoms with van der Waals surface area (Å²) in [6.45, 7) is 6.86. The first-order chi connectivity index (χ1) is 12.3. The van der Waals surface area contributed by atoms with E-state index >= 15 is 0 Å². The highest BCUT2D eigenvalue weighted by Crippen LogP contribution is 2.30. The van der Waals surface area contributed by atoms with E-state index in [1.165, 1.54) is 0 Å². The molecule has 0 saturated heterocycles. The molecule has 0 amide bonds. The maximum absolute atomic E-state index is 6.06. The third-order valence-electron chi connectivity index (χ3n) is 3.76. The van der Waals surface area contributed by atoms with Crippen LogP contribution in [-0.2, 0) is 6.42 Å². The lowest BCUT2D eigenvalue weighted by Crippen LogP contribution is -2.16. The molecule has 0 aliphatic heterocycles. The molecule has 2 rings (SSSR count). The molecular weight excluding hydrogens is 437 g/mol. The predicted molar refractivity (Wildman–Crippen MR) is 113 cm³/mol. The van der Waals surface area contributed by atoms with Gasteiger partial charge in [-0.3, -0.25) is 0 Å². The summed E-state index contributed by atoms with van der Waals surface area (Å²) in [7, 11) is 1.97. The number of benzene rings is 1. The van der Waals surface area contributed by atoms with Crippen molar-refractivity contribution in [3.8, 4) is 5.88 Å². The molecule has 0 fully saturated rings. The van der Waals surface area contributed by atoms with Crippen LogP contribution in [0.15, 0.2) is 33.7 Å². The molecule has 0 aliphatic rings. The van der Waals surface area contributed by atoms with Gasteiger partial charge >= 0.3 is 0 Å². The van der Waals surface area contributed by atoms with E-state index in [1.54, 1.807) is 12.4 Å². The van der Waals surface area contributed by atoms with Crippen LogP contribution in [-0.4, -0.2) is 35.9 Å². The van der Waals surface area contributed by atoms with E-state index in [4.69, 9.17) is 27.9 Å². The van der Waals surface area contributed by atoms with E-state index in [1.807, 2.05) is 44.0 Å². The summed E-state index contributed by atoms with van der Waals surface area (Å²) in [6.07, 6.45) is 2.38. The molecule has 0 radical (unpaired) electrons. The highest BCUT2D eigenvalue weighted by Gasteiger charge is 2.13. The number of rotatable bonds is 7. The summed E-state index contributed by atoms with van der Waals surface area (Å²) >= 11 is 15.6. The van der Waals surface area contributed by atoms with Crippen LogP contribution in [0.1, 0.15) is 25.1 Å². The molecule has 0 saturated carbocycles. The summed E-state index contributed by atoms with van der Waals surface area (Å²) < 4.78 is 6.77. The van der Waals surface area contributed by atoms with E-state index in [0.29, 0.717) is 22.3 Å². The Kier molecular flexibility index (Phi) is 7.74. The van der Waals surface area contributed by atoms with Crippen LogP contribution in [0, 0.1) is 6.92 Å². The number of aliphatic imine (C=N–C) groups is 1. The minimum atomic E-state index is -0.0895. The first kappa shape index (κ1) is 21.0. The minimum absolute atomic E-state index is 0.0895. The third-order valence-corrected chi connectivity index (χ3v) is 4.76. The van der Waals surface area contributed by atoms with Crippen LogP contribution in [0.4, 0.5) is 5.69 Å². The first-order valence-corrected chi connectivity index (χ1v) is 9.86. The van der Waals surface area contributed by atoms with Gasteiger partial charge in [0.2, 0.25) is 5.88 Å². The summed E-state index contributed by atoms with van der Waals surface area (Å²) in [5.41, 5.74) is 2.63. The molecule has 1 atom stereocenters. The molecule has 0 bridgehead atoms. The molecular formula is C19H22BrCl2N3O. The van der Waals surface area contributed by atoms with Crippen LogP contribution in [0.5, 0.6) is 5.88 Å². The van der Waals surface area contributed by atoms with Gasteiger partial charge < -0.3 is 9.64 Å².